The van der Waals surface area contributed by atoms with Gasteiger partial charge in [0.25, 0.3) is 0 Å². The van der Waals surface area contributed by atoms with Crippen molar-refractivity contribution in [1.82, 2.24) is 5.43 Å². The molecule has 0 aliphatic heterocycles. The minimum absolute atomic E-state index is 0.0752. The zero-order valence-corrected chi connectivity index (χ0v) is 13.0. The van der Waals surface area contributed by atoms with Gasteiger partial charge in [-0.15, -0.1) is 0 Å². The van der Waals surface area contributed by atoms with Crippen molar-refractivity contribution in [2.45, 2.75) is 64.0 Å². The molecule has 0 saturated heterocycles. The molecule has 20 heavy (non-hydrogen) atoms. The van der Waals surface area contributed by atoms with Gasteiger partial charge in [0.15, 0.2) is 0 Å². The minimum atomic E-state index is -0.136. The molecule has 0 radical (unpaired) electrons. The zero-order chi connectivity index (χ0) is 14.6. The molecule has 0 heterocycles. The molecule has 1 aliphatic rings. The summed E-state index contributed by atoms with van der Waals surface area (Å²) < 4.78 is 6.13. The lowest BCUT2D eigenvalue weighted by Crippen LogP contribution is -2.46. The quantitative estimate of drug-likeness (QED) is 0.615. The Kier molecular flexibility index (Phi) is 5.19. The highest BCUT2D eigenvalue weighted by Gasteiger charge is 2.42. The van der Waals surface area contributed by atoms with Gasteiger partial charge in [0.05, 0.1) is 11.6 Å². The van der Waals surface area contributed by atoms with Gasteiger partial charge in [0, 0.05) is 6.61 Å². The van der Waals surface area contributed by atoms with E-state index in [1.807, 2.05) is 0 Å². The predicted octanol–water partition coefficient (Wildman–Crippen LogP) is 3.66. The molecule has 1 aliphatic carbocycles. The van der Waals surface area contributed by atoms with E-state index in [0.29, 0.717) is 5.92 Å². The van der Waals surface area contributed by atoms with Crippen molar-refractivity contribution in [2.24, 2.45) is 5.84 Å². The molecule has 1 fully saturated rings. The third-order valence-corrected chi connectivity index (χ3v) is 4.51. The topological polar surface area (TPSA) is 47.3 Å². The van der Waals surface area contributed by atoms with Crippen LogP contribution in [0.2, 0.25) is 0 Å². The first-order valence-electron chi connectivity index (χ1n) is 7.83. The maximum absolute atomic E-state index is 6.13. The third-order valence-electron chi connectivity index (χ3n) is 4.51. The Balaban J connectivity index is 2.26. The van der Waals surface area contributed by atoms with Crippen molar-refractivity contribution in [3.05, 3.63) is 35.4 Å². The second kappa shape index (κ2) is 6.70. The second-order valence-electron chi connectivity index (χ2n) is 6.13. The molecule has 1 atom stereocenters. The summed E-state index contributed by atoms with van der Waals surface area (Å²) in [6.45, 7) is 7.23. The summed E-state index contributed by atoms with van der Waals surface area (Å²) in [5.41, 5.74) is 5.46. The van der Waals surface area contributed by atoms with Gasteiger partial charge in [-0.2, -0.15) is 0 Å². The average Bonchev–Trinajstić information content (AvgIpc) is 2.90. The standard InChI is InChI=1S/C17H28N2O/c1-4-20-17(11-5-6-12-17)16(19-18)15-9-7-14(8-10-15)13(2)3/h7-10,13,16,19H,4-6,11-12,18H2,1-3H3. The van der Waals surface area contributed by atoms with Gasteiger partial charge in [0.2, 0.25) is 0 Å². The van der Waals surface area contributed by atoms with Crippen LogP contribution >= 0.6 is 0 Å². The van der Waals surface area contributed by atoms with Crippen LogP contribution in [0.3, 0.4) is 0 Å². The third kappa shape index (κ3) is 3.05. The summed E-state index contributed by atoms with van der Waals surface area (Å²) in [6, 6.07) is 8.88. The van der Waals surface area contributed by atoms with Crippen molar-refractivity contribution in [1.29, 1.82) is 0 Å². The Labute approximate surface area is 122 Å². The largest absolute Gasteiger partial charge is 0.373 e. The molecule has 2 rings (SSSR count). The number of ether oxygens (including phenoxy) is 1. The Morgan fingerprint density at radius 3 is 2.15 bits per heavy atom. The van der Waals surface area contributed by atoms with Crippen molar-refractivity contribution in [3.63, 3.8) is 0 Å². The fourth-order valence-electron chi connectivity index (χ4n) is 3.40. The van der Waals surface area contributed by atoms with E-state index in [2.05, 4.69) is 50.5 Å². The number of hydrogen-bond acceptors (Lipinski definition) is 3. The molecular formula is C17H28N2O. The van der Waals surface area contributed by atoms with Crippen LogP contribution in [0.15, 0.2) is 24.3 Å². The Morgan fingerprint density at radius 2 is 1.70 bits per heavy atom. The SMILES string of the molecule is CCOC1(C(NN)c2ccc(C(C)C)cc2)CCCC1. The lowest BCUT2D eigenvalue weighted by molar-refractivity contribution is -0.0627. The van der Waals surface area contributed by atoms with Crippen molar-refractivity contribution in [2.75, 3.05) is 6.61 Å². The van der Waals surface area contributed by atoms with E-state index in [0.717, 1.165) is 19.4 Å². The Bertz CT molecular complexity index is 408. The molecule has 112 valence electrons. The highest BCUT2D eigenvalue weighted by Crippen LogP contribution is 2.42. The maximum atomic E-state index is 6.13. The van der Waals surface area contributed by atoms with Crippen LogP contribution in [0, 0.1) is 0 Å². The first-order valence-corrected chi connectivity index (χ1v) is 7.83. The number of benzene rings is 1. The van der Waals surface area contributed by atoms with Gasteiger partial charge < -0.3 is 4.74 Å². The second-order valence-corrected chi connectivity index (χ2v) is 6.13. The summed E-state index contributed by atoms with van der Waals surface area (Å²) in [5.74, 6) is 6.42. The van der Waals surface area contributed by atoms with E-state index in [-0.39, 0.29) is 11.6 Å². The van der Waals surface area contributed by atoms with Gasteiger partial charge >= 0.3 is 0 Å². The molecule has 3 heteroatoms. The Hall–Kier alpha value is -0.900. The summed E-state index contributed by atoms with van der Waals surface area (Å²) in [5, 5.41) is 0. The van der Waals surface area contributed by atoms with Crippen LogP contribution < -0.4 is 11.3 Å². The summed E-state index contributed by atoms with van der Waals surface area (Å²) >= 11 is 0. The summed E-state index contributed by atoms with van der Waals surface area (Å²) in [6.07, 6.45) is 4.62. The Morgan fingerprint density at radius 1 is 1.15 bits per heavy atom. The fraction of sp³-hybridized carbons (Fsp3) is 0.647. The van der Waals surface area contributed by atoms with Gasteiger partial charge in [-0.3, -0.25) is 11.3 Å². The summed E-state index contributed by atoms with van der Waals surface area (Å²) in [7, 11) is 0. The van der Waals surface area contributed by atoms with E-state index in [1.54, 1.807) is 0 Å². The molecule has 0 spiro atoms. The molecule has 1 aromatic carbocycles. The van der Waals surface area contributed by atoms with E-state index in [9.17, 15) is 0 Å². The van der Waals surface area contributed by atoms with E-state index >= 15 is 0 Å². The van der Waals surface area contributed by atoms with Gasteiger partial charge in [0.1, 0.15) is 0 Å². The zero-order valence-electron chi connectivity index (χ0n) is 13.0. The fourth-order valence-corrected chi connectivity index (χ4v) is 3.40. The lowest BCUT2D eigenvalue weighted by atomic mass is 9.86. The number of rotatable bonds is 6. The highest BCUT2D eigenvalue weighted by molar-refractivity contribution is 5.29. The molecule has 0 bridgehead atoms. The van der Waals surface area contributed by atoms with Gasteiger partial charge in [-0.05, 0) is 36.8 Å². The maximum Gasteiger partial charge on any atom is 0.0889 e. The monoisotopic (exact) mass is 276 g/mol. The van der Waals surface area contributed by atoms with E-state index in [4.69, 9.17) is 10.6 Å². The van der Waals surface area contributed by atoms with Crippen molar-refractivity contribution >= 4 is 0 Å². The van der Waals surface area contributed by atoms with Crippen LogP contribution in [0.1, 0.15) is 69.5 Å². The molecule has 1 aromatic rings. The molecule has 0 aromatic heterocycles. The van der Waals surface area contributed by atoms with Gasteiger partial charge in [-0.1, -0.05) is 51.0 Å². The lowest BCUT2D eigenvalue weighted by Gasteiger charge is -2.37. The predicted molar refractivity (Wildman–Crippen MR) is 83.4 cm³/mol. The van der Waals surface area contributed by atoms with Crippen LogP contribution in [0.5, 0.6) is 0 Å². The summed E-state index contributed by atoms with van der Waals surface area (Å²) in [4.78, 5) is 0. The van der Waals surface area contributed by atoms with Crippen molar-refractivity contribution in [3.8, 4) is 0 Å². The van der Waals surface area contributed by atoms with Crippen molar-refractivity contribution < 1.29 is 4.74 Å². The molecule has 1 saturated carbocycles. The highest BCUT2D eigenvalue weighted by atomic mass is 16.5. The first-order chi connectivity index (χ1) is 9.63. The number of hydrazine groups is 1. The number of nitrogens with two attached hydrogens (primary N) is 1. The van der Waals surface area contributed by atoms with Gasteiger partial charge in [-0.25, -0.2) is 0 Å². The van der Waals surface area contributed by atoms with Crippen LogP contribution in [0.25, 0.3) is 0 Å². The first kappa shape index (κ1) is 15.5. The molecular weight excluding hydrogens is 248 g/mol. The minimum Gasteiger partial charge on any atom is -0.373 e. The van der Waals surface area contributed by atoms with E-state index in [1.165, 1.54) is 24.0 Å². The molecule has 3 nitrogen and oxygen atoms in total. The number of nitrogens with one attached hydrogen (secondary N) is 1. The smallest absolute Gasteiger partial charge is 0.0889 e. The normalized spacial score (nSPS) is 19.4. The molecule has 3 N–H and O–H groups in total. The average molecular weight is 276 g/mol. The molecule has 0 amide bonds. The van der Waals surface area contributed by atoms with Crippen LogP contribution in [-0.2, 0) is 4.74 Å². The number of hydrogen-bond donors (Lipinski definition) is 2. The van der Waals surface area contributed by atoms with Crippen LogP contribution in [0.4, 0.5) is 0 Å². The van der Waals surface area contributed by atoms with E-state index < -0.39 is 0 Å². The van der Waals surface area contributed by atoms with Crippen LogP contribution in [-0.4, -0.2) is 12.2 Å². The molecule has 1 unspecified atom stereocenters.